The van der Waals surface area contributed by atoms with Crippen molar-refractivity contribution in [2.75, 3.05) is 6.61 Å². The summed E-state index contributed by atoms with van der Waals surface area (Å²) in [6, 6.07) is 0. The number of halogens is 3. The van der Waals surface area contributed by atoms with Gasteiger partial charge in [-0.15, -0.1) is 0 Å². The SMILES string of the molecule is CCOc1c(C(F)(F)F)n[nH]c1C. The summed E-state index contributed by atoms with van der Waals surface area (Å²) < 4.78 is 41.5. The Morgan fingerprint density at radius 3 is 2.54 bits per heavy atom. The standard InChI is InChI=1S/C7H9F3N2O/c1-3-13-5-4(2)11-12-6(5)7(8,9)10/h3H2,1-2H3,(H,11,12). The summed E-state index contributed by atoms with van der Waals surface area (Å²) in [6.45, 7) is 3.28. The fourth-order valence-electron chi connectivity index (χ4n) is 0.932. The number of hydrogen-bond donors (Lipinski definition) is 1. The van der Waals surface area contributed by atoms with Crippen LogP contribution >= 0.6 is 0 Å². The minimum atomic E-state index is -4.46. The van der Waals surface area contributed by atoms with Crippen molar-refractivity contribution in [2.45, 2.75) is 20.0 Å². The van der Waals surface area contributed by atoms with Crippen LogP contribution in [0.5, 0.6) is 5.75 Å². The van der Waals surface area contributed by atoms with Crippen LogP contribution in [0, 0.1) is 6.92 Å². The maximum atomic E-state index is 12.2. The van der Waals surface area contributed by atoms with Crippen molar-refractivity contribution in [2.24, 2.45) is 0 Å². The second-order valence-corrected chi connectivity index (χ2v) is 2.46. The molecule has 0 atom stereocenters. The van der Waals surface area contributed by atoms with Crippen molar-refractivity contribution in [3.8, 4) is 5.75 Å². The van der Waals surface area contributed by atoms with E-state index in [1.54, 1.807) is 6.92 Å². The molecule has 1 heterocycles. The van der Waals surface area contributed by atoms with Gasteiger partial charge in [0.1, 0.15) is 0 Å². The summed E-state index contributed by atoms with van der Waals surface area (Å²) in [5.41, 5.74) is -0.707. The van der Waals surface area contributed by atoms with Gasteiger partial charge in [-0.3, -0.25) is 5.10 Å². The Morgan fingerprint density at radius 2 is 2.08 bits per heavy atom. The van der Waals surface area contributed by atoms with Crippen molar-refractivity contribution in [3.63, 3.8) is 0 Å². The van der Waals surface area contributed by atoms with Crippen LogP contribution in [0.3, 0.4) is 0 Å². The number of nitrogens with zero attached hydrogens (tertiary/aromatic N) is 1. The van der Waals surface area contributed by atoms with E-state index >= 15 is 0 Å². The first-order valence-electron chi connectivity index (χ1n) is 3.71. The van der Waals surface area contributed by atoms with Gasteiger partial charge in [-0.2, -0.15) is 18.3 Å². The zero-order valence-corrected chi connectivity index (χ0v) is 7.20. The summed E-state index contributed by atoms with van der Waals surface area (Å²) in [6.07, 6.45) is -4.46. The van der Waals surface area contributed by atoms with Crippen LogP contribution in [0.4, 0.5) is 13.2 Å². The molecule has 0 spiro atoms. The van der Waals surface area contributed by atoms with Crippen molar-refractivity contribution in [1.29, 1.82) is 0 Å². The van der Waals surface area contributed by atoms with Gasteiger partial charge in [-0.25, -0.2) is 0 Å². The Hall–Kier alpha value is -1.20. The smallest absolute Gasteiger partial charge is 0.438 e. The number of H-pyrrole nitrogens is 1. The highest BCUT2D eigenvalue weighted by atomic mass is 19.4. The van der Waals surface area contributed by atoms with Gasteiger partial charge in [-0.05, 0) is 13.8 Å². The van der Waals surface area contributed by atoms with Crippen molar-refractivity contribution < 1.29 is 17.9 Å². The van der Waals surface area contributed by atoms with Gasteiger partial charge >= 0.3 is 6.18 Å². The summed E-state index contributed by atoms with van der Waals surface area (Å²) in [5, 5.41) is 5.36. The Labute approximate surface area is 72.9 Å². The Balaban J connectivity index is 3.07. The number of aryl methyl sites for hydroxylation is 1. The molecule has 1 aromatic heterocycles. The van der Waals surface area contributed by atoms with Crippen LogP contribution in [-0.2, 0) is 6.18 Å². The van der Waals surface area contributed by atoms with E-state index < -0.39 is 11.9 Å². The molecule has 6 heteroatoms. The predicted molar refractivity (Wildman–Crippen MR) is 39.5 cm³/mol. The third-order valence-corrected chi connectivity index (χ3v) is 1.45. The number of aromatic amines is 1. The van der Waals surface area contributed by atoms with Gasteiger partial charge in [0.15, 0.2) is 5.75 Å². The zero-order valence-electron chi connectivity index (χ0n) is 7.20. The van der Waals surface area contributed by atoms with Gasteiger partial charge in [0.25, 0.3) is 0 Å². The van der Waals surface area contributed by atoms with Gasteiger partial charge in [0.05, 0.1) is 12.3 Å². The Morgan fingerprint density at radius 1 is 1.46 bits per heavy atom. The summed E-state index contributed by atoms with van der Waals surface area (Å²) in [7, 11) is 0. The number of alkyl halides is 3. The highest BCUT2D eigenvalue weighted by Gasteiger charge is 2.38. The van der Waals surface area contributed by atoms with Gasteiger partial charge < -0.3 is 4.74 Å². The lowest BCUT2D eigenvalue weighted by Gasteiger charge is -2.06. The molecular weight excluding hydrogens is 185 g/mol. The molecule has 0 saturated carbocycles. The number of ether oxygens (including phenoxy) is 1. The molecule has 1 N–H and O–H groups in total. The maximum Gasteiger partial charge on any atom is 0.438 e. The van der Waals surface area contributed by atoms with Gasteiger partial charge in [-0.1, -0.05) is 0 Å². The first kappa shape index (κ1) is 9.88. The fraction of sp³-hybridized carbons (Fsp3) is 0.571. The fourth-order valence-corrected chi connectivity index (χ4v) is 0.932. The summed E-state index contributed by atoms with van der Waals surface area (Å²) in [4.78, 5) is 0. The highest BCUT2D eigenvalue weighted by Crippen LogP contribution is 2.35. The average molecular weight is 194 g/mol. The largest absolute Gasteiger partial charge is 0.490 e. The second kappa shape index (κ2) is 3.27. The minimum absolute atomic E-state index is 0.184. The lowest BCUT2D eigenvalue weighted by molar-refractivity contribution is -0.142. The molecule has 0 radical (unpaired) electrons. The van der Waals surface area contributed by atoms with E-state index in [2.05, 4.69) is 10.2 Å². The zero-order chi connectivity index (χ0) is 10.1. The normalized spacial score (nSPS) is 11.8. The van der Waals surface area contributed by atoms with E-state index in [1.807, 2.05) is 0 Å². The van der Waals surface area contributed by atoms with Crippen molar-refractivity contribution >= 4 is 0 Å². The molecular formula is C7H9F3N2O. The lowest BCUT2D eigenvalue weighted by atomic mass is 10.3. The molecule has 1 rings (SSSR count). The molecule has 13 heavy (non-hydrogen) atoms. The summed E-state index contributed by atoms with van der Waals surface area (Å²) >= 11 is 0. The van der Waals surface area contributed by atoms with Crippen LogP contribution < -0.4 is 4.74 Å². The second-order valence-electron chi connectivity index (χ2n) is 2.46. The van der Waals surface area contributed by atoms with Crippen LogP contribution in [0.1, 0.15) is 18.3 Å². The first-order chi connectivity index (χ1) is 5.96. The predicted octanol–water partition coefficient (Wildman–Crippen LogP) is 2.14. The molecule has 0 unspecified atom stereocenters. The highest BCUT2D eigenvalue weighted by molar-refractivity contribution is 5.33. The van der Waals surface area contributed by atoms with E-state index in [0.717, 1.165) is 0 Å². The van der Waals surface area contributed by atoms with Crippen LogP contribution in [0.15, 0.2) is 0 Å². The number of aromatic nitrogens is 2. The first-order valence-corrected chi connectivity index (χ1v) is 3.71. The monoisotopic (exact) mass is 194 g/mol. The molecule has 0 aliphatic rings. The number of rotatable bonds is 2. The van der Waals surface area contributed by atoms with Crippen molar-refractivity contribution in [1.82, 2.24) is 10.2 Å². The van der Waals surface area contributed by atoms with Gasteiger partial charge in [0, 0.05) is 0 Å². The van der Waals surface area contributed by atoms with E-state index in [9.17, 15) is 13.2 Å². The van der Waals surface area contributed by atoms with Gasteiger partial charge in [0.2, 0.25) is 5.69 Å². The van der Waals surface area contributed by atoms with Crippen molar-refractivity contribution in [3.05, 3.63) is 11.4 Å². The van der Waals surface area contributed by atoms with E-state index in [0.29, 0.717) is 0 Å². The minimum Gasteiger partial charge on any atom is -0.490 e. The molecule has 0 aliphatic carbocycles. The topological polar surface area (TPSA) is 37.9 Å². The number of nitrogens with one attached hydrogen (secondary N) is 1. The van der Waals surface area contributed by atoms with E-state index in [4.69, 9.17) is 4.74 Å². The third kappa shape index (κ3) is 1.93. The van der Waals surface area contributed by atoms with Crippen LogP contribution in [-0.4, -0.2) is 16.8 Å². The summed E-state index contributed by atoms with van der Waals surface area (Å²) in [5.74, 6) is -0.213. The molecule has 0 fully saturated rings. The van der Waals surface area contributed by atoms with E-state index in [1.165, 1.54) is 6.92 Å². The molecule has 74 valence electrons. The molecule has 0 aliphatic heterocycles. The van der Waals surface area contributed by atoms with Crippen LogP contribution in [0.2, 0.25) is 0 Å². The average Bonchev–Trinajstić information content (AvgIpc) is 2.32. The molecule has 1 aromatic rings. The quantitative estimate of drug-likeness (QED) is 0.783. The molecule has 0 amide bonds. The molecule has 0 bridgehead atoms. The van der Waals surface area contributed by atoms with Crippen LogP contribution in [0.25, 0.3) is 0 Å². The lowest BCUT2D eigenvalue weighted by Crippen LogP contribution is -2.08. The Kier molecular flexibility index (Phi) is 2.49. The molecule has 0 aromatic carbocycles. The van der Waals surface area contributed by atoms with E-state index in [-0.39, 0.29) is 18.1 Å². The number of hydrogen-bond acceptors (Lipinski definition) is 2. The molecule has 0 saturated heterocycles. The Bertz CT molecular complexity index is 292. The molecule has 3 nitrogen and oxygen atoms in total. The third-order valence-electron chi connectivity index (χ3n) is 1.45. The maximum absolute atomic E-state index is 12.2.